The second-order valence-corrected chi connectivity index (χ2v) is 3.33. The van der Waals surface area contributed by atoms with E-state index in [1.165, 1.54) is 36.4 Å². The topological polar surface area (TPSA) is 118 Å². The highest BCUT2D eigenvalue weighted by atomic mass is 16.6. The molecule has 0 saturated carbocycles. The molecule has 0 unspecified atom stereocenters. The fraction of sp³-hybridized carbons (Fsp3) is 0. The number of non-ortho nitro benzene ring substituents is 1. The minimum atomic E-state index is -0.545. The third-order valence-electron chi connectivity index (χ3n) is 2.06. The summed E-state index contributed by atoms with van der Waals surface area (Å²) >= 11 is 0. The number of benzene rings is 1. The molecule has 0 aliphatic carbocycles. The summed E-state index contributed by atoms with van der Waals surface area (Å²) in [5.74, 6) is 0.141. The number of rotatable bonds is 3. The lowest BCUT2D eigenvalue weighted by Gasteiger charge is -2.06. The van der Waals surface area contributed by atoms with Gasteiger partial charge in [0.25, 0.3) is 17.4 Å². The molecule has 0 aliphatic rings. The van der Waals surface area contributed by atoms with Crippen molar-refractivity contribution < 1.29 is 14.5 Å². The maximum absolute atomic E-state index is 11.1. The molecular formula is C10H8N4O4. The molecule has 0 spiro atoms. The summed E-state index contributed by atoms with van der Waals surface area (Å²) in [5.41, 5.74) is 5.18. The van der Waals surface area contributed by atoms with Crippen LogP contribution in [0.3, 0.4) is 0 Å². The minimum Gasteiger partial charge on any atom is -0.691 e. The first-order chi connectivity index (χ1) is 8.56. The third-order valence-corrected chi connectivity index (χ3v) is 2.06. The summed E-state index contributed by atoms with van der Waals surface area (Å²) in [6, 6.07) is 8.26. The van der Waals surface area contributed by atoms with Crippen LogP contribution in [0.2, 0.25) is 0 Å². The highest BCUT2D eigenvalue weighted by Crippen LogP contribution is 2.23. The van der Waals surface area contributed by atoms with Crippen molar-refractivity contribution in [1.29, 1.82) is 0 Å². The summed E-state index contributed by atoms with van der Waals surface area (Å²) in [5, 5.41) is 25.2. The third kappa shape index (κ3) is 2.43. The largest absolute Gasteiger partial charge is 0.691 e. The highest BCUT2D eigenvalue weighted by Gasteiger charge is 2.08. The van der Waals surface area contributed by atoms with Crippen molar-refractivity contribution in [2.45, 2.75) is 0 Å². The van der Waals surface area contributed by atoms with Gasteiger partial charge in [-0.15, -0.1) is 4.85 Å². The van der Waals surface area contributed by atoms with Gasteiger partial charge in [0.05, 0.1) is 11.0 Å². The van der Waals surface area contributed by atoms with Crippen molar-refractivity contribution in [3.63, 3.8) is 0 Å². The molecule has 1 heterocycles. The van der Waals surface area contributed by atoms with Crippen LogP contribution in [0.15, 0.2) is 36.4 Å². The van der Waals surface area contributed by atoms with Gasteiger partial charge >= 0.3 is 0 Å². The van der Waals surface area contributed by atoms with Crippen molar-refractivity contribution >= 4 is 11.5 Å². The molecule has 0 fully saturated rings. The van der Waals surface area contributed by atoms with Crippen LogP contribution in [0.5, 0.6) is 11.6 Å². The number of nitrogens with zero attached hydrogens (tertiary/aromatic N) is 3. The van der Waals surface area contributed by atoms with Gasteiger partial charge < -0.3 is 9.94 Å². The first-order valence-corrected chi connectivity index (χ1v) is 4.85. The van der Waals surface area contributed by atoms with Gasteiger partial charge in [-0.1, -0.05) is 6.07 Å². The molecule has 18 heavy (non-hydrogen) atoms. The summed E-state index contributed by atoms with van der Waals surface area (Å²) in [4.78, 5) is 10.2. The van der Waals surface area contributed by atoms with E-state index in [1.807, 2.05) is 0 Å². The molecule has 2 aromatic rings. The first kappa shape index (κ1) is 11.6. The lowest BCUT2D eigenvalue weighted by atomic mass is 10.3. The van der Waals surface area contributed by atoms with Gasteiger partial charge in [-0.05, 0) is 11.2 Å². The van der Waals surface area contributed by atoms with Gasteiger partial charge in [-0.25, -0.2) is 0 Å². The lowest BCUT2D eigenvalue weighted by Crippen LogP contribution is -2.34. The molecule has 8 nitrogen and oxygen atoms in total. The lowest BCUT2D eigenvalue weighted by molar-refractivity contribution is -0.655. The van der Waals surface area contributed by atoms with Crippen LogP contribution in [0.25, 0.3) is 0 Å². The molecule has 0 atom stereocenters. The van der Waals surface area contributed by atoms with Crippen LogP contribution in [-0.2, 0) is 0 Å². The smallest absolute Gasteiger partial charge is 0.297 e. The number of nitro groups is 1. The SMILES string of the molecule is Nc1ccc(Oc2cccc([N+](=O)[O-])c2)n[n+]1[O-]. The van der Waals surface area contributed by atoms with E-state index < -0.39 is 4.92 Å². The number of hydrogen-bond acceptors (Lipinski definition) is 6. The molecule has 0 amide bonds. The molecular weight excluding hydrogens is 240 g/mol. The van der Waals surface area contributed by atoms with Crippen molar-refractivity contribution in [1.82, 2.24) is 5.10 Å². The molecule has 1 aromatic carbocycles. The Morgan fingerprint density at radius 1 is 1.33 bits per heavy atom. The number of hydrogen-bond donors (Lipinski definition) is 1. The predicted octanol–water partition coefficient (Wildman–Crippen LogP) is 0.998. The molecule has 0 bridgehead atoms. The number of nitrogens with two attached hydrogens (primary N) is 1. The Labute approximate surface area is 101 Å². The summed E-state index contributed by atoms with van der Waals surface area (Å²) < 4.78 is 5.21. The Morgan fingerprint density at radius 3 is 2.78 bits per heavy atom. The Morgan fingerprint density at radius 2 is 2.11 bits per heavy atom. The van der Waals surface area contributed by atoms with Crippen LogP contribution in [0.1, 0.15) is 0 Å². The zero-order valence-corrected chi connectivity index (χ0v) is 9.02. The van der Waals surface area contributed by atoms with Crippen LogP contribution >= 0.6 is 0 Å². The quantitative estimate of drug-likeness (QED) is 0.374. The second-order valence-electron chi connectivity index (χ2n) is 3.33. The minimum absolute atomic E-state index is 0.000280. The van der Waals surface area contributed by atoms with E-state index in [-0.39, 0.29) is 28.0 Å². The van der Waals surface area contributed by atoms with Gasteiger partial charge in [-0.3, -0.25) is 15.8 Å². The predicted molar refractivity (Wildman–Crippen MR) is 60.8 cm³/mol. The van der Waals surface area contributed by atoms with E-state index in [0.717, 1.165) is 0 Å². The van der Waals surface area contributed by atoms with Crippen molar-refractivity contribution in [2.24, 2.45) is 0 Å². The number of aromatic nitrogens is 2. The summed E-state index contributed by atoms with van der Waals surface area (Å²) in [6.45, 7) is 0. The Balaban J connectivity index is 2.25. The molecule has 1 aromatic heterocycles. The average Bonchev–Trinajstić information content (AvgIpc) is 2.34. The van der Waals surface area contributed by atoms with Gasteiger partial charge in [0.2, 0.25) is 0 Å². The number of nitrogen functional groups attached to an aromatic ring is 1. The highest BCUT2D eigenvalue weighted by molar-refractivity contribution is 5.39. The second kappa shape index (κ2) is 4.53. The molecule has 0 aliphatic heterocycles. The summed E-state index contributed by atoms with van der Waals surface area (Å²) in [7, 11) is 0. The zero-order valence-electron chi connectivity index (χ0n) is 9.02. The van der Waals surface area contributed by atoms with Gasteiger partial charge in [0.15, 0.2) is 0 Å². The molecule has 2 rings (SSSR count). The number of nitro benzene ring substituents is 1. The fourth-order valence-electron chi connectivity index (χ4n) is 1.24. The molecule has 2 N–H and O–H groups in total. The average molecular weight is 248 g/mol. The monoisotopic (exact) mass is 248 g/mol. The maximum Gasteiger partial charge on any atom is 0.297 e. The fourth-order valence-corrected chi connectivity index (χ4v) is 1.24. The van der Waals surface area contributed by atoms with E-state index in [2.05, 4.69) is 5.10 Å². The standard InChI is InChI=1S/C10H8N4O4/c11-9-4-5-10(12-13(9)15)18-8-3-1-2-7(6-8)14(16)17/h1-6H,11H2. The van der Waals surface area contributed by atoms with Gasteiger partial charge in [0.1, 0.15) is 5.75 Å². The van der Waals surface area contributed by atoms with Crippen LogP contribution < -0.4 is 15.3 Å². The molecule has 8 heteroatoms. The zero-order chi connectivity index (χ0) is 13.1. The maximum atomic E-state index is 11.1. The first-order valence-electron chi connectivity index (χ1n) is 4.85. The Kier molecular flexibility index (Phi) is 2.92. The number of ether oxygens (including phenoxy) is 1. The van der Waals surface area contributed by atoms with Crippen LogP contribution in [0, 0.1) is 15.3 Å². The van der Waals surface area contributed by atoms with E-state index in [9.17, 15) is 15.3 Å². The van der Waals surface area contributed by atoms with Crippen LogP contribution in [0.4, 0.5) is 11.5 Å². The Bertz CT molecular complexity index is 602. The van der Waals surface area contributed by atoms with Crippen molar-refractivity contribution in [3.05, 3.63) is 51.7 Å². The van der Waals surface area contributed by atoms with Gasteiger partial charge in [0, 0.05) is 18.2 Å². The van der Waals surface area contributed by atoms with Gasteiger partial charge in [-0.2, -0.15) is 0 Å². The van der Waals surface area contributed by atoms with E-state index in [0.29, 0.717) is 0 Å². The molecule has 92 valence electrons. The number of anilines is 1. The van der Waals surface area contributed by atoms with Crippen molar-refractivity contribution in [2.75, 3.05) is 5.73 Å². The van der Waals surface area contributed by atoms with E-state index >= 15 is 0 Å². The van der Waals surface area contributed by atoms with E-state index in [4.69, 9.17) is 10.5 Å². The summed E-state index contributed by atoms with van der Waals surface area (Å²) in [6.07, 6.45) is 0. The van der Waals surface area contributed by atoms with Crippen LogP contribution in [-0.4, -0.2) is 10.0 Å². The normalized spacial score (nSPS) is 10.0. The molecule has 0 saturated heterocycles. The van der Waals surface area contributed by atoms with Crippen molar-refractivity contribution in [3.8, 4) is 11.6 Å². The molecule has 0 radical (unpaired) electrons. The van der Waals surface area contributed by atoms with E-state index in [1.54, 1.807) is 0 Å². The Hall–Kier alpha value is -2.90.